The summed E-state index contributed by atoms with van der Waals surface area (Å²) < 4.78 is 0. The van der Waals surface area contributed by atoms with Crippen molar-refractivity contribution in [2.45, 2.75) is 49.8 Å². The van der Waals surface area contributed by atoms with Crippen LogP contribution in [0, 0.1) is 0 Å². The maximum atomic E-state index is 12.3. The molecule has 3 rings (SSSR count). The second-order valence-electron chi connectivity index (χ2n) is 5.87. The summed E-state index contributed by atoms with van der Waals surface area (Å²) in [5.41, 5.74) is 3.01. The van der Waals surface area contributed by atoms with E-state index in [-0.39, 0.29) is 0 Å². The largest absolute Gasteiger partial charge is 0.342 e. The summed E-state index contributed by atoms with van der Waals surface area (Å²) in [7, 11) is 0. The molecule has 1 aliphatic heterocycles. The Balaban J connectivity index is 1.54. The fraction of sp³-hybridized carbons (Fsp3) is 0.588. The zero-order chi connectivity index (χ0) is 13.8. The fourth-order valence-corrected chi connectivity index (χ4v) is 4.06. The van der Waals surface area contributed by atoms with E-state index in [1.807, 2.05) is 0 Å². The molecule has 2 nitrogen and oxygen atoms in total. The van der Waals surface area contributed by atoms with Gasteiger partial charge in [-0.05, 0) is 55.4 Å². The van der Waals surface area contributed by atoms with Crippen molar-refractivity contribution in [3.05, 3.63) is 29.3 Å². The Bertz CT molecular complexity index is 478. The Kier molecular flexibility index (Phi) is 4.66. The van der Waals surface area contributed by atoms with E-state index in [1.54, 1.807) is 11.8 Å². The van der Waals surface area contributed by atoms with E-state index in [2.05, 4.69) is 23.1 Å². The topological polar surface area (TPSA) is 20.3 Å². The fourth-order valence-electron chi connectivity index (χ4n) is 3.19. The molecule has 1 aromatic carbocycles. The highest BCUT2D eigenvalue weighted by atomic mass is 32.2. The Morgan fingerprint density at radius 1 is 1.00 bits per heavy atom. The molecule has 1 heterocycles. The Labute approximate surface area is 125 Å². The molecular weight excluding hydrogens is 266 g/mol. The van der Waals surface area contributed by atoms with Crippen LogP contribution < -0.4 is 0 Å². The first kappa shape index (κ1) is 14.0. The van der Waals surface area contributed by atoms with Gasteiger partial charge in [-0.3, -0.25) is 4.79 Å². The van der Waals surface area contributed by atoms with Gasteiger partial charge in [-0.2, -0.15) is 0 Å². The van der Waals surface area contributed by atoms with Gasteiger partial charge in [-0.25, -0.2) is 0 Å². The van der Waals surface area contributed by atoms with Crippen LogP contribution in [0.1, 0.15) is 43.2 Å². The lowest BCUT2D eigenvalue weighted by atomic mass is 10.1. The Morgan fingerprint density at radius 3 is 2.55 bits per heavy atom. The number of thioether (sulfide) groups is 1. The van der Waals surface area contributed by atoms with Crippen LogP contribution in [-0.4, -0.2) is 29.6 Å². The number of hydrogen-bond donors (Lipinski definition) is 0. The number of carbonyl (C=O) groups is 1. The third kappa shape index (κ3) is 3.38. The van der Waals surface area contributed by atoms with Gasteiger partial charge >= 0.3 is 0 Å². The van der Waals surface area contributed by atoms with Gasteiger partial charge in [0, 0.05) is 18.0 Å². The van der Waals surface area contributed by atoms with Crippen molar-refractivity contribution < 1.29 is 4.79 Å². The normalized spacial score (nSPS) is 18.7. The maximum absolute atomic E-state index is 12.3. The third-order valence-electron chi connectivity index (χ3n) is 4.39. The molecule has 0 spiro atoms. The first-order valence-corrected chi connectivity index (χ1v) is 8.84. The zero-order valence-corrected chi connectivity index (χ0v) is 12.9. The second kappa shape index (κ2) is 6.66. The monoisotopic (exact) mass is 289 g/mol. The van der Waals surface area contributed by atoms with E-state index in [4.69, 9.17) is 0 Å². The first-order chi connectivity index (χ1) is 9.83. The lowest BCUT2D eigenvalue weighted by Crippen LogP contribution is -2.33. The zero-order valence-electron chi connectivity index (χ0n) is 12.1. The van der Waals surface area contributed by atoms with E-state index >= 15 is 0 Å². The van der Waals surface area contributed by atoms with Gasteiger partial charge in [0.25, 0.3) is 0 Å². The van der Waals surface area contributed by atoms with E-state index in [9.17, 15) is 4.79 Å². The highest BCUT2D eigenvalue weighted by Crippen LogP contribution is 2.27. The smallest absolute Gasteiger partial charge is 0.232 e. The lowest BCUT2D eigenvalue weighted by molar-refractivity contribution is -0.128. The summed E-state index contributed by atoms with van der Waals surface area (Å²) in [6.45, 7) is 1.92. The molecule has 0 atom stereocenters. The SMILES string of the molecule is O=C(CSc1ccc2c(c1)CCC2)N1CCCCCC1. The van der Waals surface area contributed by atoms with Crippen LogP contribution in [0.2, 0.25) is 0 Å². The quantitative estimate of drug-likeness (QED) is 0.791. The number of hydrogen-bond acceptors (Lipinski definition) is 2. The predicted octanol–water partition coefficient (Wildman–Crippen LogP) is 3.67. The number of aryl methyl sites for hydroxylation is 2. The number of rotatable bonds is 3. The van der Waals surface area contributed by atoms with Gasteiger partial charge in [0.05, 0.1) is 5.75 Å². The molecule has 108 valence electrons. The standard InChI is InChI=1S/C17H23NOS/c19-17(18-10-3-1-2-4-11-18)13-20-16-9-8-14-6-5-7-15(14)12-16/h8-9,12H,1-7,10-11,13H2. The van der Waals surface area contributed by atoms with Crippen LogP contribution >= 0.6 is 11.8 Å². The highest BCUT2D eigenvalue weighted by Gasteiger charge is 2.16. The molecule has 0 N–H and O–H groups in total. The van der Waals surface area contributed by atoms with Gasteiger partial charge < -0.3 is 4.90 Å². The molecule has 1 aromatic rings. The van der Waals surface area contributed by atoms with Crippen molar-refractivity contribution in [2.75, 3.05) is 18.8 Å². The van der Waals surface area contributed by atoms with E-state index < -0.39 is 0 Å². The second-order valence-corrected chi connectivity index (χ2v) is 6.92. The number of carbonyl (C=O) groups excluding carboxylic acids is 1. The average Bonchev–Trinajstić information content (AvgIpc) is 2.76. The third-order valence-corrected chi connectivity index (χ3v) is 5.37. The predicted molar refractivity (Wildman–Crippen MR) is 84.2 cm³/mol. The minimum atomic E-state index is 0.317. The van der Waals surface area contributed by atoms with Crippen LogP contribution in [0.4, 0.5) is 0 Å². The van der Waals surface area contributed by atoms with Crippen molar-refractivity contribution in [3.8, 4) is 0 Å². The van der Waals surface area contributed by atoms with E-state index in [0.29, 0.717) is 11.7 Å². The molecule has 1 fully saturated rings. The van der Waals surface area contributed by atoms with Crippen LogP contribution in [0.5, 0.6) is 0 Å². The van der Waals surface area contributed by atoms with Crippen LogP contribution in [0.15, 0.2) is 23.1 Å². The summed E-state index contributed by atoms with van der Waals surface area (Å²) in [6.07, 6.45) is 8.64. The molecule has 0 bridgehead atoms. The lowest BCUT2D eigenvalue weighted by Gasteiger charge is -2.20. The maximum Gasteiger partial charge on any atom is 0.232 e. The Hall–Kier alpha value is -0.960. The molecule has 1 amide bonds. The number of fused-ring (bicyclic) bond motifs is 1. The molecule has 0 saturated carbocycles. The number of nitrogens with zero attached hydrogens (tertiary/aromatic N) is 1. The van der Waals surface area contributed by atoms with Crippen molar-refractivity contribution in [1.82, 2.24) is 4.90 Å². The van der Waals surface area contributed by atoms with Crippen molar-refractivity contribution in [2.24, 2.45) is 0 Å². The van der Waals surface area contributed by atoms with Crippen LogP contribution in [0.3, 0.4) is 0 Å². The van der Waals surface area contributed by atoms with Gasteiger partial charge in [0.2, 0.25) is 5.91 Å². The molecule has 2 aliphatic rings. The Morgan fingerprint density at radius 2 is 1.75 bits per heavy atom. The molecule has 3 heteroatoms. The number of amides is 1. The van der Waals surface area contributed by atoms with E-state index in [0.717, 1.165) is 13.1 Å². The summed E-state index contributed by atoms with van der Waals surface area (Å²) >= 11 is 1.70. The molecular formula is C17H23NOS. The van der Waals surface area contributed by atoms with Crippen molar-refractivity contribution in [1.29, 1.82) is 0 Å². The first-order valence-electron chi connectivity index (χ1n) is 7.85. The number of likely N-dealkylation sites (tertiary alicyclic amines) is 1. The van der Waals surface area contributed by atoms with Crippen LogP contribution in [0.25, 0.3) is 0 Å². The van der Waals surface area contributed by atoms with Gasteiger partial charge in [0.1, 0.15) is 0 Å². The summed E-state index contributed by atoms with van der Waals surface area (Å²) in [5, 5.41) is 0. The van der Waals surface area contributed by atoms with Gasteiger partial charge in [-0.15, -0.1) is 11.8 Å². The number of benzene rings is 1. The molecule has 0 aromatic heterocycles. The molecule has 0 radical (unpaired) electrons. The van der Waals surface area contributed by atoms with Gasteiger partial charge in [-0.1, -0.05) is 18.9 Å². The summed E-state index contributed by atoms with van der Waals surface area (Å²) in [6, 6.07) is 6.73. The van der Waals surface area contributed by atoms with Crippen LogP contribution in [-0.2, 0) is 17.6 Å². The summed E-state index contributed by atoms with van der Waals surface area (Å²) in [5.74, 6) is 0.913. The van der Waals surface area contributed by atoms with E-state index in [1.165, 1.54) is 61.0 Å². The molecule has 20 heavy (non-hydrogen) atoms. The minimum Gasteiger partial charge on any atom is -0.342 e. The molecule has 0 unspecified atom stereocenters. The van der Waals surface area contributed by atoms with Gasteiger partial charge in [0.15, 0.2) is 0 Å². The highest BCUT2D eigenvalue weighted by molar-refractivity contribution is 8.00. The average molecular weight is 289 g/mol. The molecule has 1 saturated heterocycles. The minimum absolute atomic E-state index is 0.317. The van der Waals surface area contributed by atoms with Crippen molar-refractivity contribution >= 4 is 17.7 Å². The summed E-state index contributed by atoms with van der Waals surface area (Å²) in [4.78, 5) is 15.6. The van der Waals surface area contributed by atoms with Crippen molar-refractivity contribution in [3.63, 3.8) is 0 Å². The molecule has 1 aliphatic carbocycles.